The van der Waals surface area contributed by atoms with Crippen molar-refractivity contribution >= 4 is 17.6 Å². The third-order valence-electron chi connectivity index (χ3n) is 4.92. The molecule has 1 atom stereocenters. The molecule has 1 aliphatic carbocycles. The van der Waals surface area contributed by atoms with Gasteiger partial charge in [-0.25, -0.2) is 4.79 Å². The number of hydrogen-bond acceptors (Lipinski definition) is 2. The fraction of sp³-hybridized carbons (Fsp3) is 0.444. The van der Waals surface area contributed by atoms with Gasteiger partial charge in [0.25, 0.3) is 0 Å². The molecular weight excluding hydrogens is 290 g/mol. The summed E-state index contributed by atoms with van der Waals surface area (Å²) < 4.78 is 0. The molecule has 0 aromatic heterocycles. The Bertz CT molecular complexity index is 668. The summed E-state index contributed by atoms with van der Waals surface area (Å²) >= 11 is 0. The topological polar surface area (TPSA) is 61.4 Å². The van der Waals surface area contributed by atoms with Gasteiger partial charge in [0.05, 0.1) is 0 Å². The van der Waals surface area contributed by atoms with Crippen LogP contribution < -0.4 is 10.6 Å². The Labute approximate surface area is 136 Å². The van der Waals surface area contributed by atoms with E-state index in [1.54, 1.807) is 4.90 Å². The number of anilines is 1. The van der Waals surface area contributed by atoms with E-state index in [0.29, 0.717) is 13.0 Å². The predicted molar refractivity (Wildman–Crippen MR) is 90.0 cm³/mol. The van der Waals surface area contributed by atoms with Crippen LogP contribution >= 0.6 is 0 Å². The molecule has 23 heavy (non-hydrogen) atoms. The van der Waals surface area contributed by atoms with Crippen LogP contribution in [0.15, 0.2) is 36.0 Å². The van der Waals surface area contributed by atoms with Crippen LogP contribution in [0.3, 0.4) is 0 Å². The molecule has 5 heteroatoms. The van der Waals surface area contributed by atoms with E-state index in [9.17, 15) is 9.59 Å². The lowest BCUT2D eigenvalue weighted by molar-refractivity contribution is -0.131. The standard InChI is InChI=1S/C18H23N3O2/c1-13-5-3-6-14(11-13)20-17(23)19-12-18-9-4-7-15(18)21(2)16(22)8-10-18/h3,5-7,11H,4,8-10,12H2,1-2H3,(H2,19,20,23). The minimum Gasteiger partial charge on any atom is -0.337 e. The summed E-state index contributed by atoms with van der Waals surface area (Å²) in [5.41, 5.74) is 2.88. The van der Waals surface area contributed by atoms with Crippen molar-refractivity contribution < 1.29 is 9.59 Å². The van der Waals surface area contributed by atoms with Gasteiger partial charge < -0.3 is 15.5 Å². The van der Waals surface area contributed by atoms with E-state index >= 15 is 0 Å². The minimum absolute atomic E-state index is 0.0907. The van der Waals surface area contributed by atoms with Crippen LogP contribution in [0.5, 0.6) is 0 Å². The number of rotatable bonds is 3. The van der Waals surface area contributed by atoms with Gasteiger partial charge in [-0.05, 0) is 43.9 Å². The zero-order valence-electron chi connectivity index (χ0n) is 13.7. The molecule has 0 spiro atoms. The van der Waals surface area contributed by atoms with Crippen molar-refractivity contribution in [2.45, 2.75) is 32.6 Å². The molecule has 1 unspecified atom stereocenters. The summed E-state index contributed by atoms with van der Waals surface area (Å²) in [5, 5.41) is 5.86. The maximum Gasteiger partial charge on any atom is 0.319 e. The highest BCUT2D eigenvalue weighted by Crippen LogP contribution is 2.46. The quantitative estimate of drug-likeness (QED) is 0.901. The maximum absolute atomic E-state index is 12.2. The van der Waals surface area contributed by atoms with E-state index in [0.717, 1.165) is 36.2 Å². The highest BCUT2D eigenvalue weighted by atomic mass is 16.2. The Morgan fingerprint density at radius 1 is 1.35 bits per heavy atom. The normalized spacial score (nSPS) is 23.3. The molecule has 1 saturated heterocycles. The van der Waals surface area contributed by atoms with Gasteiger partial charge in [-0.3, -0.25) is 4.79 Å². The van der Waals surface area contributed by atoms with Crippen LogP contribution in [0.25, 0.3) is 0 Å². The van der Waals surface area contributed by atoms with Crippen molar-refractivity contribution in [3.8, 4) is 0 Å². The largest absolute Gasteiger partial charge is 0.337 e. The first-order chi connectivity index (χ1) is 11.0. The van der Waals surface area contributed by atoms with E-state index < -0.39 is 0 Å². The van der Waals surface area contributed by atoms with Crippen LogP contribution in [0.2, 0.25) is 0 Å². The van der Waals surface area contributed by atoms with Gasteiger partial charge in [-0.2, -0.15) is 0 Å². The second-order valence-electron chi connectivity index (χ2n) is 6.54. The second-order valence-corrected chi connectivity index (χ2v) is 6.54. The molecule has 5 nitrogen and oxygen atoms in total. The molecular formula is C18H23N3O2. The molecule has 3 rings (SSSR count). The zero-order valence-corrected chi connectivity index (χ0v) is 13.7. The van der Waals surface area contributed by atoms with Crippen molar-refractivity contribution in [3.05, 3.63) is 41.6 Å². The number of piperidine rings is 1. The molecule has 1 aromatic carbocycles. The number of likely N-dealkylation sites (tertiary alicyclic amines) is 1. The lowest BCUT2D eigenvalue weighted by atomic mass is 9.77. The second kappa shape index (κ2) is 6.07. The highest BCUT2D eigenvalue weighted by molar-refractivity contribution is 5.89. The first-order valence-corrected chi connectivity index (χ1v) is 8.09. The summed E-state index contributed by atoms with van der Waals surface area (Å²) in [6.45, 7) is 2.56. The van der Waals surface area contributed by atoms with E-state index in [-0.39, 0.29) is 17.4 Å². The molecule has 1 heterocycles. The Kier molecular flexibility index (Phi) is 4.11. The van der Waals surface area contributed by atoms with E-state index in [2.05, 4.69) is 16.7 Å². The number of carbonyl (C=O) groups is 2. The Hall–Kier alpha value is -2.30. The summed E-state index contributed by atoms with van der Waals surface area (Å²) in [6.07, 6.45) is 5.46. The number of hydrogen-bond donors (Lipinski definition) is 2. The van der Waals surface area contributed by atoms with Crippen molar-refractivity contribution in [3.63, 3.8) is 0 Å². The number of amides is 3. The molecule has 122 valence electrons. The highest BCUT2D eigenvalue weighted by Gasteiger charge is 2.44. The Morgan fingerprint density at radius 3 is 2.96 bits per heavy atom. The molecule has 0 radical (unpaired) electrons. The van der Waals surface area contributed by atoms with Crippen LogP contribution in [-0.4, -0.2) is 30.4 Å². The maximum atomic E-state index is 12.2. The average molecular weight is 313 g/mol. The average Bonchev–Trinajstić information content (AvgIpc) is 2.94. The Balaban J connectivity index is 1.62. The molecule has 2 aliphatic rings. The van der Waals surface area contributed by atoms with Crippen molar-refractivity contribution in [2.75, 3.05) is 18.9 Å². The fourth-order valence-corrected chi connectivity index (χ4v) is 3.64. The van der Waals surface area contributed by atoms with E-state index in [1.165, 1.54) is 0 Å². The van der Waals surface area contributed by atoms with Crippen molar-refractivity contribution in [1.29, 1.82) is 0 Å². The number of carbonyl (C=O) groups excluding carboxylic acids is 2. The number of urea groups is 1. The molecule has 1 aliphatic heterocycles. The summed E-state index contributed by atoms with van der Waals surface area (Å²) in [5.74, 6) is 0.165. The van der Waals surface area contributed by atoms with Gasteiger partial charge in [0.2, 0.25) is 5.91 Å². The van der Waals surface area contributed by atoms with Gasteiger partial charge in [0, 0.05) is 36.8 Å². The number of allylic oxidation sites excluding steroid dienone is 1. The van der Waals surface area contributed by atoms with Crippen molar-refractivity contribution in [2.24, 2.45) is 5.41 Å². The molecule has 2 N–H and O–H groups in total. The number of nitrogens with one attached hydrogen (secondary N) is 2. The summed E-state index contributed by atoms with van der Waals surface area (Å²) in [4.78, 5) is 25.8. The van der Waals surface area contributed by atoms with Gasteiger partial charge >= 0.3 is 6.03 Å². The van der Waals surface area contributed by atoms with Crippen LogP contribution in [0.1, 0.15) is 31.2 Å². The lowest BCUT2D eigenvalue weighted by Gasteiger charge is -2.41. The smallest absolute Gasteiger partial charge is 0.319 e. The van der Waals surface area contributed by atoms with E-state index in [1.807, 2.05) is 38.2 Å². The van der Waals surface area contributed by atoms with Crippen LogP contribution in [0, 0.1) is 12.3 Å². The van der Waals surface area contributed by atoms with Gasteiger partial charge in [0.15, 0.2) is 0 Å². The SMILES string of the molecule is Cc1cccc(NC(=O)NCC23CCC=C2N(C)C(=O)CC3)c1. The summed E-state index contributed by atoms with van der Waals surface area (Å²) in [6, 6.07) is 7.52. The zero-order chi connectivity index (χ0) is 16.4. The van der Waals surface area contributed by atoms with Gasteiger partial charge in [-0.1, -0.05) is 18.2 Å². The molecule has 1 aromatic rings. The number of benzene rings is 1. The fourth-order valence-electron chi connectivity index (χ4n) is 3.64. The van der Waals surface area contributed by atoms with Crippen LogP contribution in [-0.2, 0) is 4.79 Å². The molecule has 1 fully saturated rings. The number of fused-ring (bicyclic) bond motifs is 1. The predicted octanol–water partition coefficient (Wildman–Crippen LogP) is 3.03. The van der Waals surface area contributed by atoms with E-state index in [4.69, 9.17) is 0 Å². The molecule has 3 amide bonds. The van der Waals surface area contributed by atoms with Crippen LogP contribution in [0.4, 0.5) is 10.5 Å². The summed E-state index contributed by atoms with van der Waals surface area (Å²) in [7, 11) is 1.83. The third-order valence-corrected chi connectivity index (χ3v) is 4.92. The van der Waals surface area contributed by atoms with Gasteiger partial charge in [0.1, 0.15) is 0 Å². The van der Waals surface area contributed by atoms with Crippen molar-refractivity contribution in [1.82, 2.24) is 10.2 Å². The minimum atomic E-state index is -0.198. The van der Waals surface area contributed by atoms with Gasteiger partial charge in [-0.15, -0.1) is 0 Å². The first kappa shape index (κ1) is 15.6. The molecule has 0 saturated carbocycles. The first-order valence-electron chi connectivity index (χ1n) is 8.09. The molecule has 0 bridgehead atoms. The number of aryl methyl sites for hydroxylation is 1. The lowest BCUT2D eigenvalue weighted by Crippen LogP contribution is -2.47. The number of nitrogens with zero attached hydrogens (tertiary/aromatic N) is 1. The third kappa shape index (κ3) is 3.09. The monoisotopic (exact) mass is 313 g/mol. The Morgan fingerprint density at radius 2 is 2.17 bits per heavy atom.